The van der Waals surface area contributed by atoms with E-state index in [9.17, 15) is 17.6 Å². The zero-order chi connectivity index (χ0) is 18.7. The molecule has 1 aromatic carbocycles. The highest BCUT2D eigenvalue weighted by Crippen LogP contribution is 2.27. The molecule has 6 nitrogen and oxygen atoms in total. The number of nitrogens with zero attached hydrogens (tertiary/aromatic N) is 2. The molecular formula is C18H27ClFN3O3S. The van der Waals surface area contributed by atoms with Crippen molar-refractivity contribution < 1.29 is 17.6 Å². The largest absolute Gasteiger partial charge is 0.341 e. The summed E-state index contributed by atoms with van der Waals surface area (Å²) in [5.41, 5.74) is 6.06. The van der Waals surface area contributed by atoms with E-state index in [1.165, 1.54) is 16.4 Å². The number of amides is 1. The summed E-state index contributed by atoms with van der Waals surface area (Å²) in [6, 6.07) is 4.94. The monoisotopic (exact) mass is 419 g/mol. The molecule has 2 atom stereocenters. The Morgan fingerprint density at radius 1 is 1.07 bits per heavy atom. The van der Waals surface area contributed by atoms with Crippen molar-refractivity contribution in [2.24, 2.45) is 11.7 Å². The average molecular weight is 420 g/mol. The van der Waals surface area contributed by atoms with Gasteiger partial charge in [-0.15, -0.1) is 12.4 Å². The second-order valence-corrected chi connectivity index (χ2v) is 9.09. The van der Waals surface area contributed by atoms with Crippen molar-refractivity contribution >= 4 is 28.3 Å². The summed E-state index contributed by atoms with van der Waals surface area (Å²) in [5.74, 6) is -0.167. The van der Waals surface area contributed by atoms with Crippen LogP contribution in [0.2, 0.25) is 0 Å². The first-order valence-electron chi connectivity index (χ1n) is 9.17. The molecule has 1 saturated carbocycles. The van der Waals surface area contributed by atoms with E-state index in [1.807, 2.05) is 0 Å². The zero-order valence-corrected chi connectivity index (χ0v) is 16.9. The molecule has 1 aliphatic carbocycles. The predicted molar refractivity (Wildman–Crippen MR) is 104 cm³/mol. The van der Waals surface area contributed by atoms with Crippen molar-refractivity contribution in [1.29, 1.82) is 0 Å². The van der Waals surface area contributed by atoms with Gasteiger partial charge < -0.3 is 10.6 Å². The van der Waals surface area contributed by atoms with Gasteiger partial charge in [0.25, 0.3) is 0 Å². The number of benzene rings is 1. The first-order chi connectivity index (χ1) is 12.4. The van der Waals surface area contributed by atoms with Gasteiger partial charge in [0, 0.05) is 38.6 Å². The van der Waals surface area contributed by atoms with Crippen LogP contribution < -0.4 is 5.73 Å². The van der Waals surface area contributed by atoms with Crippen molar-refractivity contribution in [3.63, 3.8) is 0 Å². The van der Waals surface area contributed by atoms with E-state index in [-0.39, 0.29) is 41.7 Å². The van der Waals surface area contributed by atoms with Gasteiger partial charge in [-0.25, -0.2) is 12.8 Å². The zero-order valence-electron chi connectivity index (χ0n) is 15.2. The lowest BCUT2D eigenvalue weighted by atomic mass is 9.99. The summed E-state index contributed by atoms with van der Waals surface area (Å²) in [6.07, 6.45) is 4.07. The normalized spacial score (nSPS) is 24.3. The lowest BCUT2D eigenvalue weighted by Crippen LogP contribution is -2.39. The van der Waals surface area contributed by atoms with Crippen LogP contribution in [0.25, 0.3) is 0 Å². The van der Waals surface area contributed by atoms with E-state index in [0.29, 0.717) is 32.5 Å². The van der Waals surface area contributed by atoms with Gasteiger partial charge in [0.05, 0.1) is 4.90 Å². The van der Waals surface area contributed by atoms with Crippen LogP contribution in [-0.2, 0) is 14.8 Å². The molecule has 0 bridgehead atoms. The van der Waals surface area contributed by atoms with Gasteiger partial charge in [0.15, 0.2) is 0 Å². The molecule has 152 valence electrons. The Morgan fingerprint density at radius 3 is 2.41 bits per heavy atom. The molecule has 2 fully saturated rings. The van der Waals surface area contributed by atoms with Crippen molar-refractivity contribution in [2.45, 2.75) is 43.0 Å². The number of rotatable bonds is 4. The molecule has 0 unspecified atom stereocenters. The van der Waals surface area contributed by atoms with Crippen molar-refractivity contribution in [3.05, 3.63) is 30.1 Å². The summed E-state index contributed by atoms with van der Waals surface area (Å²) in [6.45, 7) is 1.53. The fraction of sp³-hybridized carbons (Fsp3) is 0.611. The number of halogens is 2. The fourth-order valence-corrected chi connectivity index (χ4v) is 5.28. The van der Waals surface area contributed by atoms with Crippen LogP contribution in [-0.4, -0.2) is 55.8 Å². The minimum atomic E-state index is -3.67. The molecule has 0 aromatic heterocycles. The number of carbonyl (C=O) groups is 1. The quantitative estimate of drug-likeness (QED) is 0.808. The average Bonchev–Trinajstić information content (AvgIpc) is 2.86. The maximum atomic E-state index is 13.1. The molecule has 0 spiro atoms. The minimum Gasteiger partial charge on any atom is -0.341 e. The van der Waals surface area contributed by atoms with Crippen molar-refractivity contribution in [3.8, 4) is 0 Å². The van der Waals surface area contributed by atoms with Crippen molar-refractivity contribution in [2.75, 3.05) is 26.2 Å². The van der Waals surface area contributed by atoms with E-state index in [1.54, 1.807) is 4.90 Å². The highest BCUT2D eigenvalue weighted by Gasteiger charge is 2.31. The summed E-state index contributed by atoms with van der Waals surface area (Å²) < 4.78 is 39.9. The Morgan fingerprint density at radius 2 is 1.78 bits per heavy atom. The van der Waals surface area contributed by atoms with Crippen LogP contribution >= 0.6 is 12.4 Å². The predicted octanol–water partition coefficient (Wildman–Crippen LogP) is 1.99. The van der Waals surface area contributed by atoms with Crippen molar-refractivity contribution in [1.82, 2.24) is 9.21 Å². The van der Waals surface area contributed by atoms with Gasteiger partial charge in [0.1, 0.15) is 5.82 Å². The summed E-state index contributed by atoms with van der Waals surface area (Å²) in [5, 5.41) is 0. The van der Waals surface area contributed by atoms with E-state index in [4.69, 9.17) is 5.73 Å². The van der Waals surface area contributed by atoms with Crippen LogP contribution in [0.1, 0.15) is 32.1 Å². The Balaban J connectivity index is 0.00000261. The van der Waals surface area contributed by atoms with E-state index < -0.39 is 15.8 Å². The molecule has 1 heterocycles. The Kier molecular flexibility index (Phi) is 7.62. The summed E-state index contributed by atoms with van der Waals surface area (Å²) in [4.78, 5) is 14.4. The number of nitrogens with two attached hydrogens (primary N) is 1. The molecule has 2 N–H and O–H groups in total. The molecule has 3 rings (SSSR count). The highest BCUT2D eigenvalue weighted by molar-refractivity contribution is 7.89. The molecule has 1 amide bonds. The number of hydrogen-bond acceptors (Lipinski definition) is 4. The molecule has 0 radical (unpaired) electrons. The topological polar surface area (TPSA) is 83.7 Å². The highest BCUT2D eigenvalue weighted by atomic mass is 35.5. The maximum Gasteiger partial charge on any atom is 0.243 e. The first kappa shape index (κ1) is 22.1. The van der Waals surface area contributed by atoms with Crippen LogP contribution in [0.15, 0.2) is 29.2 Å². The second kappa shape index (κ2) is 9.32. The van der Waals surface area contributed by atoms with Gasteiger partial charge in [-0.3, -0.25) is 4.79 Å². The molecular weight excluding hydrogens is 393 g/mol. The van der Waals surface area contributed by atoms with Gasteiger partial charge in [-0.2, -0.15) is 4.31 Å². The minimum absolute atomic E-state index is 0. The lowest BCUT2D eigenvalue weighted by molar-refractivity contribution is -0.132. The summed E-state index contributed by atoms with van der Waals surface area (Å²) in [7, 11) is -3.67. The SMILES string of the molecule is Cl.N[C@@H]1CCC[C@H]1CC(=O)N1CCCN(S(=O)(=O)c2ccc(F)cc2)CC1. The maximum absolute atomic E-state index is 13.1. The Labute approximate surface area is 166 Å². The van der Waals surface area contributed by atoms with E-state index in [2.05, 4.69) is 0 Å². The first-order valence-corrected chi connectivity index (χ1v) is 10.6. The smallest absolute Gasteiger partial charge is 0.243 e. The molecule has 2 aliphatic rings. The Bertz CT molecular complexity index is 745. The Hall–Kier alpha value is -1.22. The van der Waals surface area contributed by atoms with Gasteiger partial charge in [0.2, 0.25) is 15.9 Å². The molecule has 1 aromatic rings. The van der Waals surface area contributed by atoms with E-state index >= 15 is 0 Å². The van der Waals surface area contributed by atoms with E-state index in [0.717, 1.165) is 31.4 Å². The third-order valence-corrected chi connectivity index (χ3v) is 7.33. The summed E-state index contributed by atoms with van der Waals surface area (Å²) >= 11 is 0. The van der Waals surface area contributed by atoms with Gasteiger partial charge in [-0.05, 0) is 49.4 Å². The molecule has 27 heavy (non-hydrogen) atoms. The molecule has 9 heteroatoms. The molecule has 1 saturated heterocycles. The number of sulfonamides is 1. The number of carbonyl (C=O) groups excluding carboxylic acids is 1. The van der Waals surface area contributed by atoms with Gasteiger partial charge >= 0.3 is 0 Å². The molecule has 1 aliphatic heterocycles. The lowest BCUT2D eigenvalue weighted by Gasteiger charge is -2.24. The standard InChI is InChI=1S/C18H26FN3O3S.ClH/c19-15-5-7-16(8-6-15)26(24,25)22-10-2-9-21(11-12-22)18(23)13-14-3-1-4-17(14)20;/h5-8,14,17H,1-4,9-13,20H2;1H/t14-,17+;/m0./s1. The third-order valence-electron chi connectivity index (χ3n) is 5.41. The van der Waals surface area contributed by atoms with Crippen LogP contribution in [0.3, 0.4) is 0 Å². The van der Waals surface area contributed by atoms with Crippen LogP contribution in [0.4, 0.5) is 4.39 Å². The third kappa shape index (κ3) is 5.19. The van der Waals surface area contributed by atoms with Crippen LogP contribution in [0, 0.1) is 11.7 Å². The second-order valence-electron chi connectivity index (χ2n) is 7.15. The van der Waals surface area contributed by atoms with Crippen LogP contribution in [0.5, 0.6) is 0 Å². The fourth-order valence-electron chi connectivity index (χ4n) is 3.81. The van der Waals surface area contributed by atoms with Gasteiger partial charge in [-0.1, -0.05) is 6.42 Å². The number of hydrogen-bond donors (Lipinski definition) is 1.